The van der Waals surface area contributed by atoms with Gasteiger partial charge >= 0.3 is 7.12 Å². The molecule has 0 bridgehead atoms. The molecule has 7 heteroatoms. The quantitative estimate of drug-likeness (QED) is 0.530. The van der Waals surface area contributed by atoms with Gasteiger partial charge in [0.2, 0.25) is 0 Å². The number of rotatable bonds is 5. The minimum atomic E-state index is -1.01. The fourth-order valence-corrected chi connectivity index (χ4v) is 9.68. The zero-order valence-corrected chi connectivity index (χ0v) is 24.7. The molecule has 216 valence electrons. The molecule has 0 amide bonds. The Morgan fingerprint density at radius 1 is 1.00 bits per heavy atom. The number of carbonyl (C=O) groups is 2. The second-order valence-corrected chi connectivity index (χ2v) is 14.8. The van der Waals surface area contributed by atoms with E-state index in [-0.39, 0.29) is 59.6 Å². The molecule has 4 aliphatic carbocycles. The van der Waals surface area contributed by atoms with Crippen LogP contribution in [-0.4, -0.2) is 52.3 Å². The second-order valence-electron chi connectivity index (χ2n) is 14.8. The molecule has 1 aromatic carbocycles. The Hall–Kier alpha value is -1.80. The van der Waals surface area contributed by atoms with Crippen molar-refractivity contribution in [3.63, 3.8) is 0 Å². The number of aliphatic hydroxyl groups excluding tert-OH is 1. The highest BCUT2D eigenvalue weighted by Gasteiger charge is 2.65. The predicted molar refractivity (Wildman–Crippen MR) is 154 cm³/mol. The van der Waals surface area contributed by atoms with Crippen LogP contribution in [0.15, 0.2) is 42.0 Å². The number of Topliss-reactive ketones (excluding diaryl/α,β-unsaturated/α-hetero) is 1. The maximum Gasteiger partial charge on any atom is 0.494 e. The Balaban J connectivity index is 1.32. The van der Waals surface area contributed by atoms with Crippen LogP contribution in [0.25, 0.3) is 0 Å². The third kappa shape index (κ3) is 4.38. The van der Waals surface area contributed by atoms with E-state index in [1.807, 2.05) is 50.3 Å². The van der Waals surface area contributed by atoms with E-state index >= 15 is 0 Å². The zero-order valence-electron chi connectivity index (χ0n) is 24.7. The van der Waals surface area contributed by atoms with Crippen LogP contribution in [-0.2, 0) is 18.9 Å². The van der Waals surface area contributed by atoms with Gasteiger partial charge in [-0.2, -0.15) is 0 Å². The van der Waals surface area contributed by atoms with Gasteiger partial charge in [-0.1, -0.05) is 49.8 Å². The molecule has 3 saturated carbocycles. The number of benzene rings is 1. The lowest BCUT2D eigenvalue weighted by molar-refractivity contribution is -0.147. The Kier molecular flexibility index (Phi) is 6.81. The van der Waals surface area contributed by atoms with E-state index in [2.05, 4.69) is 20.8 Å². The highest BCUT2D eigenvalue weighted by molar-refractivity contribution is 6.62. The summed E-state index contributed by atoms with van der Waals surface area (Å²) in [5.74, 6) is 0.370. The predicted octanol–water partition coefficient (Wildman–Crippen LogP) is 4.40. The number of allylic oxidation sites excluding steroid dienone is 2. The Labute approximate surface area is 239 Å². The third-order valence-electron chi connectivity index (χ3n) is 11.8. The molecule has 1 saturated heterocycles. The van der Waals surface area contributed by atoms with Gasteiger partial charge in [-0.3, -0.25) is 9.59 Å². The first-order valence-electron chi connectivity index (χ1n) is 15.3. The molecular formula is C33H45BO6. The van der Waals surface area contributed by atoms with Crippen molar-refractivity contribution in [2.24, 2.45) is 34.5 Å². The van der Waals surface area contributed by atoms with Gasteiger partial charge in [-0.25, -0.2) is 0 Å². The van der Waals surface area contributed by atoms with Gasteiger partial charge in [0.25, 0.3) is 0 Å². The standard InChI is InChI=1S/C33H45BO6/c1-30(2,38)15-14-29-33(5,40-34(39-29)20-9-7-6-8-10-20)28-12-11-22-21-17-25(35)24-18-26(36)27(37)19-32(24,4)23(21)13-16-31(22,28)3/h6-10,17,22-24,26,28-29,36,38H,11-16,18-19H2,1-5H3/t22?,23?,24?,26-,28?,29?,31?,32?,33?/m1/s1. The maximum absolute atomic E-state index is 13.5. The zero-order chi connectivity index (χ0) is 28.7. The van der Waals surface area contributed by atoms with Crippen LogP contribution in [0.4, 0.5) is 0 Å². The van der Waals surface area contributed by atoms with Crippen LogP contribution >= 0.6 is 0 Å². The summed E-state index contributed by atoms with van der Waals surface area (Å²) in [5, 5.41) is 20.8. The second kappa shape index (κ2) is 9.62. The summed E-state index contributed by atoms with van der Waals surface area (Å²) in [4.78, 5) is 26.2. The van der Waals surface area contributed by atoms with Crippen molar-refractivity contribution in [2.75, 3.05) is 0 Å². The molecule has 8 unspecified atom stereocenters. The minimum Gasteiger partial charge on any atom is -0.402 e. The van der Waals surface area contributed by atoms with E-state index in [0.717, 1.165) is 31.1 Å². The maximum atomic E-state index is 13.5. The summed E-state index contributed by atoms with van der Waals surface area (Å²) in [6.45, 7) is 10.4. The van der Waals surface area contributed by atoms with Crippen molar-refractivity contribution in [2.45, 2.75) is 109 Å². The van der Waals surface area contributed by atoms with Crippen molar-refractivity contribution in [3.05, 3.63) is 42.0 Å². The average Bonchev–Trinajstić information content (AvgIpc) is 3.42. The van der Waals surface area contributed by atoms with E-state index in [1.54, 1.807) is 0 Å². The van der Waals surface area contributed by atoms with E-state index in [4.69, 9.17) is 9.31 Å². The van der Waals surface area contributed by atoms with Crippen LogP contribution < -0.4 is 5.46 Å². The molecule has 1 aliphatic heterocycles. The largest absolute Gasteiger partial charge is 0.494 e. The summed E-state index contributed by atoms with van der Waals surface area (Å²) in [6, 6.07) is 10.1. The van der Waals surface area contributed by atoms with Gasteiger partial charge < -0.3 is 19.5 Å². The van der Waals surface area contributed by atoms with Gasteiger partial charge in [0.15, 0.2) is 11.6 Å². The van der Waals surface area contributed by atoms with Crippen molar-refractivity contribution in [3.8, 4) is 0 Å². The molecule has 0 radical (unpaired) electrons. The number of ketones is 2. The van der Waals surface area contributed by atoms with Crippen LogP contribution in [0.1, 0.15) is 86.0 Å². The molecular weight excluding hydrogens is 503 g/mol. The van der Waals surface area contributed by atoms with E-state index < -0.39 is 29.8 Å². The molecule has 0 aromatic heterocycles. The summed E-state index contributed by atoms with van der Waals surface area (Å²) in [7, 11) is -0.452. The molecule has 5 aliphatic rings. The summed E-state index contributed by atoms with van der Waals surface area (Å²) in [5.41, 5.74) is 0.422. The van der Waals surface area contributed by atoms with Crippen LogP contribution in [0, 0.1) is 34.5 Å². The SMILES string of the molecule is CC(C)(O)CCC1OB(c2ccccc2)OC1(C)C1CCC2C3=CC(=O)C4C[C@@H](O)C(=O)CC4(C)C3CCC21C. The number of aliphatic hydroxyl groups is 2. The fourth-order valence-electron chi connectivity index (χ4n) is 9.68. The normalized spacial score (nSPS) is 43.3. The van der Waals surface area contributed by atoms with Crippen molar-refractivity contribution in [1.29, 1.82) is 0 Å². The van der Waals surface area contributed by atoms with Crippen LogP contribution in [0.5, 0.6) is 0 Å². The first-order valence-corrected chi connectivity index (χ1v) is 15.3. The molecule has 0 spiro atoms. The number of fused-ring (bicyclic) bond motifs is 5. The Morgan fingerprint density at radius 3 is 2.40 bits per heavy atom. The van der Waals surface area contributed by atoms with Crippen molar-refractivity contribution < 1.29 is 29.1 Å². The molecule has 6 rings (SSSR count). The van der Waals surface area contributed by atoms with Crippen LogP contribution in [0.2, 0.25) is 0 Å². The molecule has 1 aromatic rings. The Morgan fingerprint density at radius 2 is 1.70 bits per heavy atom. The summed E-state index contributed by atoms with van der Waals surface area (Å²) >= 11 is 0. The molecule has 40 heavy (non-hydrogen) atoms. The van der Waals surface area contributed by atoms with Gasteiger partial charge in [-0.15, -0.1) is 0 Å². The van der Waals surface area contributed by atoms with Gasteiger partial charge in [0, 0.05) is 12.3 Å². The van der Waals surface area contributed by atoms with E-state index in [9.17, 15) is 19.8 Å². The van der Waals surface area contributed by atoms with Crippen molar-refractivity contribution >= 4 is 24.1 Å². The van der Waals surface area contributed by atoms with Gasteiger partial charge in [0.1, 0.15) is 6.10 Å². The number of hydrogen-bond donors (Lipinski definition) is 2. The van der Waals surface area contributed by atoms with E-state index in [1.165, 1.54) is 5.57 Å². The highest BCUT2D eigenvalue weighted by Crippen LogP contribution is 2.67. The van der Waals surface area contributed by atoms with Gasteiger partial charge in [-0.05, 0) is 106 Å². The van der Waals surface area contributed by atoms with E-state index in [0.29, 0.717) is 12.8 Å². The average molecular weight is 549 g/mol. The molecule has 1 heterocycles. The molecule has 4 fully saturated rings. The fraction of sp³-hybridized carbons (Fsp3) is 0.697. The lowest BCUT2D eigenvalue weighted by atomic mass is 9.47. The minimum absolute atomic E-state index is 0.0688. The first-order chi connectivity index (χ1) is 18.8. The molecule has 9 atom stereocenters. The molecule has 2 N–H and O–H groups in total. The lowest BCUT2D eigenvalue weighted by Crippen LogP contribution is -2.56. The summed E-state index contributed by atoms with van der Waals surface area (Å²) < 4.78 is 13.6. The monoisotopic (exact) mass is 548 g/mol. The smallest absolute Gasteiger partial charge is 0.402 e. The van der Waals surface area contributed by atoms with Crippen LogP contribution in [0.3, 0.4) is 0 Å². The highest BCUT2D eigenvalue weighted by atomic mass is 16.7. The molecule has 6 nitrogen and oxygen atoms in total. The van der Waals surface area contributed by atoms with Gasteiger partial charge in [0.05, 0.1) is 17.3 Å². The number of carbonyl (C=O) groups excluding carboxylic acids is 2. The number of hydrogen-bond acceptors (Lipinski definition) is 6. The third-order valence-corrected chi connectivity index (χ3v) is 11.8. The summed E-state index contributed by atoms with van der Waals surface area (Å²) in [6.07, 6.45) is 6.51. The lowest BCUT2D eigenvalue weighted by Gasteiger charge is -2.57. The van der Waals surface area contributed by atoms with Crippen molar-refractivity contribution in [1.82, 2.24) is 0 Å². The first kappa shape index (κ1) is 28.3. The Bertz CT molecular complexity index is 1210. The topological polar surface area (TPSA) is 93.1 Å².